The van der Waals surface area contributed by atoms with E-state index in [1.165, 1.54) is 36.1 Å². The van der Waals surface area contributed by atoms with Crippen molar-refractivity contribution in [2.75, 3.05) is 13.6 Å². The van der Waals surface area contributed by atoms with Crippen molar-refractivity contribution in [1.29, 1.82) is 0 Å². The van der Waals surface area contributed by atoms with E-state index in [9.17, 15) is 23.6 Å². The van der Waals surface area contributed by atoms with Gasteiger partial charge in [0.25, 0.3) is 11.8 Å². The Morgan fingerprint density at radius 3 is 2.43 bits per heavy atom. The molecule has 3 rings (SSSR count). The Labute approximate surface area is 174 Å². The quantitative estimate of drug-likeness (QED) is 0.562. The van der Waals surface area contributed by atoms with Crippen LogP contribution in [0.3, 0.4) is 0 Å². The van der Waals surface area contributed by atoms with Crippen LogP contribution in [0.4, 0.5) is 9.18 Å². The molecule has 8 nitrogen and oxygen atoms in total. The topological polar surface area (TPSA) is 96.0 Å². The summed E-state index contributed by atoms with van der Waals surface area (Å²) in [6.45, 7) is 1.02. The summed E-state index contributed by atoms with van der Waals surface area (Å²) in [5.41, 5.74) is -0.175. The molecule has 1 unspecified atom stereocenters. The molecule has 1 atom stereocenters. The average molecular weight is 419 g/mol. The van der Waals surface area contributed by atoms with Crippen molar-refractivity contribution in [3.63, 3.8) is 0 Å². The molecule has 162 valence electrons. The van der Waals surface area contributed by atoms with Gasteiger partial charge in [-0.15, -0.1) is 0 Å². The Hall–Kier alpha value is -2.97. The Balaban J connectivity index is 1.53. The third kappa shape index (κ3) is 4.29. The molecular formula is C21H26FN3O5. The Morgan fingerprint density at radius 1 is 1.17 bits per heavy atom. The molecule has 1 aromatic rings. The summed E-state index contributed by atoms with van der Waals surface area (Å²) in [6.07, 6.45) is 2.79. The summed E-state index contributed by atoms with van der Waals surface area (Å²) in [4.78, 5) is 52.2. The minimum Gasteiger partial charge on any atom is -0.451 e. The molecule has 1 N–H and O–H groups in total. The number of carbonyl (C=O) groups is 4. The molecule has 0 aromatic heterocycles. The minimum atomic E-state index is -1.10. The van der Waals surface area contributed by atoms with E-state index in [1.54, 1.807) is 7.05 Å². The number of hydrogen-bond acceptors (Lipinski definition) is 5. The number of rotatable bonds is 6. The second kappa shape index (κ2) is 8.81. The zero-order valence-corrected chi connectivity index (χ0v) is 17.2. The van der Waals surface area contributed by atoms with Gasteiger partial charge >= 0.3 is 12.0 Å². The van der Waals surface area contributed by atoms with Gasteiger partial charge in [-0.1, -0.05) is 31.4 Å². The second-order valence-electron chi connectivity index (χ2n) is 7.80. The van der Waals surface area contributed by atoms with Crippen LogP contribution in [-0.2, 0) is 25.7 Å². The SMILES string of the molecule is CC(OC(=O)CN1C(=O)N(C)C2(CCCCC2)C1=O)C(=O)NCc1ccc(F)cc1. The van der Waals surface area contributed by atoms with Gasteiger partial charge in [0.05, 0.1) is 0 Å². The lowest BCUT2D eigenvalue weighted by Crippen LogP contribution is -2.49. The van der Waals surface area contributed by atoms with Gasteiger partial charge in [0.1, 0.15) is 17.9 Å². The van der Waals surface area contributed by atoms with Crippen molar-refractivity contribution in [3.05, 3.63) is 35.6 Å². The molecule has 0 bridgehead atoms. The van der Waals surface area contributed by atoms with E-state index in [2.05, 4.69) is 5.32 Å². The number of likely N-dealkylation sites (N-methyl/N-ethyl adjacent to an activating group) is 1. The highest BCUT2D eigenvalue weighted by atomic mass is 19.1. The molecule has 9 heteroatoms. The molecule has 2 aliphatic rings. The first-order chi connectivity index (χ1) is 14.2. The van der Waals surface area contributed by atoms with Crippen molar-refractivity contribution in [3.8, 4) is 0 Å². The number of esters is 1. The molecule has 1 saturated carbocycles. The van der Waals surface area contributed by atoms with E-state index in [4.69, 9.17) is 4.74 Å². The molecule has 1 saturated heterocycles. The van der Waals surface area contributed by atoms with E-state index in [0.29, 0.717) is 18.4 Å². The molecule has 30 heavy (non-hydrogen) atoms. The molecule has 1 aromatic carbocycles. The van der Waals surface area contributed by atoms with E-state index >= 15 is 0 Å². The van der Waals surface area contributed by atoms with Gasteiger partial charge in [0.15, 0.2) is 6.10 Å². The first kappa shape index (κ1) is 21.7. The summed E-state index contributed by atoms with van der Waals surface area (Å²) in [5.74, 6) is -2.12. The molecule has 0 radical (unpaired) electrons. The number of amides is 4. The predicted molar refractivity (Wildman–Crippen MR) is 104 cm³/mol. The molecular weight excluding hydrogens is 393 g/mol. The standard InChI is InChI=1S/C21H26FN3O5/c1-14(18(27)23-12-15-6-8-16(22)9-7-15)30-17(26)13-25-19(28)21(24(2)20(25)29)10-4-3-5-11-21/h6-9,14H,3-5,10-13H2,1-2H3,(H,23,27). The van der Waals surface area contributed by atoms with Crippen LogP contribution in [0, 0.1) is 5.82 Å². The maximum absolute atomic E-state index is 12.9. The highest BCUT2D eigenvalue weighted by Crippen LogP contribution is 2.39. The largest absolute Gasteiger partial charge is 0.451 e. The number of imide groups is 1. The highest BCUT2D eigenvalue weighted by Gasteiger charge is 2.56. The summed E-state index contributed by atoms with van der Waals surface area (Å²) in [7, 11) is 1.59. The van der Waals surface area contributed by atoms with Crippen LogP contribution in [0.5, 0.6) is 0 Å². The van der Waals surface area contributed by atoms with Crippen molar-refractivity contribution in [2.24, 2.45) is 0 Å². The smallest absolute Gasteiger partial charge is 0.327 e. The summed E-state index contributed by atoms with van der Waals surface area (Å²) < 4.78 is 18.0. The van der Waals surface area contributed by atoms with Gasteiger partial charge in [0, 0.05) is 13.6 Å². The fourth-order valence-corrected chi connectivity index (χ4v) is 4.02. The lowest BCUT2D eigenvalue weighted by atomic mass is 9.81. The number of nitrogens with one attached hydrogen (secondary N) is 1. The molecule has 1 spiro atoms. The zero-order valence-electron chi connectivity index (χ0n) is 17.2. The van der Waals surface area contributed by atoms with E-state index in [-0.39, 0.29) is 18.3 Å². The Bertz CT molecular complexity index is 836. The first-order valence-electron chi connectivity index (χ1n) is 10.1. The monoisotopic (exact) mass is 419 g/mol. The molecule has 1 aliphatic carbocycles. The van der Waals surface area contributed by atoms with Gasteiger partial charge in [0.2, 0.25) is 0 Å². The zero-order chi connectivity index (χ0) is 21.9. The van der Waals surface area contributed by atoms with Crippen LogP contribution >= 0.6 is 0 Å². The molecule has 1 aliphatic heterocycles. The molecule has 2 fully saturated rings. The fraction of sp³-hybridized carbons (Fsp3) is 0.524. The maximum Gasteiger partial charge on any atom is 0.327 e. The van der Waals surface area contributed by atoms with Crippen LogP contribution in [0.15, 0.2) is 24.3 Å². The summed E-state index contributed by atoms with van der Waals surface area (Å²) in [5, 5.41) is 2.59. The van der Waals surface area contributed by atoms with Crippen LogP contribution in [-0.4, -0.2) is 58.8 Å². The number of carbonyl (C=O) groups excluding carboxylic acids is 4. The number of ether oxygens (including phenoxy) is 1. The summed E-state index contributed by atoms with van der Waals surface area (Å²) in [6, 6.07) is 5.12. The summed E-state index contributed by atoms with van der Waals surface area (Å²) >= 11 is 0. The van der Waals surface area contributed by atoms with E-state index in [0.717, 1.165) is 24.2 Å². The van der Waals surface area contributed by atoms with E-state index in [1.807, 2.05) is 0 Å². The Morgan fingerprint density at radius 2 is 1.80 bits per heavy atom. The minimum absolute atomic E-state index is 0.150. The van der Waals surface area contributed by atoms with Gasteiger partial charge in [-0.3, -0.25) is 19.3 Å². The van der Waals surface area contributed by atoms with E-state index < -0.39 is 36.1 Å². The van der Waals surface area contributed by atoms with Crippen LogP contribution in [0.2, 0.25) is 0 Å². The van der Waals surface area contributed by atoms with Gasteiger partial charge in [-0.25, -0.2) is 9.18 Å². The number of urea groups is 1. The first-order valence-corrected chi connectivity index (χ1v) is 10.1. The van der Waals surface area contributed by atoms with Crippen LogP contribution in [0.1, 0.15) is 44.6 Å². The fourth-order valence-electron chi connectivity index (χ4n) is 4.02. The van der Waals surface area contributed by atoms with Crippen molar-refractivity contribution < 1.29 is 28.3 Å². The lowest BCUT2D eigenvalue weighted by molar-refractivity contribution is -0.156. The third-order valence-corrected chi connectivity index (χ3v) is 5.83. The highest BCUT2D eigenvalue weighted by molar-refractivity contribution is 6.08. The van der Waals surface area contributed by atoms with Crippen molar-refractivity contribution >= 4 is 23.8 Å². The number of benzene rings is 1. The predicted octanol–water partition coefficient (Wildman–Crippen LogP) is 1.97. The normalized spacial score (nSPS) is 19.2. The third-order valence-electron chi connectivity index (χ3n) is 5.83. The van der Waals surface area contributed by atoms with Crippen molar-refractivity contribution in [2.45, 2.75) is 57.2 Å². The van der Waals surface area contributed by atoms with Crippen molar-refractivity contribution in [1.82, 2.24) is 15.1 Å². The maximum atomic E-state index is 12.9. The lowest BCUT2D eigenvalue weighted by Gasteiger charge is -2.35. The van der Waals surface area contributed by atoms with Crippen LogP contribution in [0.25, 0.3) is 0 Å². The van der Waals surface area contributed by atoms with Gasteiger partial charge in [-0.05, 0) is 37.5 Å². The van der Waals surface area contributed by atoms with Crippen LogP contribution < -0.4 is 5.32 Å². The Kier molecular flexibility index (Phi) is 6.38. The molecule has 4 amide bonds. The number of nitrogens with zero attached hydrogens (tertiary/aromatic N) is 2. The number of halogens is 1. The van der Waals surface area contributed by atoms with Gasteiger partial charge in [-0.2, -0.15) is 0 Å². The average Bonchev–Trinajstić information content (AvgIpc) is 2.90. The molecule has 1 heterocycles. The van der Waals surface area contributed by atoms with Gasteiger partial charge < -0.3 is 15.0 Å². The second-order valence-corrected chi connectivity index (χ2v) is 7.80. The number of hydrogen-bond donors (Lipinski definition) is 1.